The third kappa shape index (κ3) is 6.20. The largest absolute Gasteiger partial charge is 0.460 e. The second kappa shape index (κ2) is 6.38. The number of carbonyl (C=O) groups excluding carboxylic acids is 1. The first-order chi connectivity index (χ1) is 7.99. The van der Waals surface area contributed by atoms with E-state index in [0.717, 1.165) is 5.37 Å². The van der Waals surface area contributed by atoms with Crippen LogP contribution >= 0.6 is 10.7 Å². The van der Waals surface area contributed by atoms with Crippen LogP contribution in [0.4, 0.5) is 13.2 Å². The van der Waals surface area contributed by atoms with Gasteiger partial charge in [-0.05, 0) is 43.7 Å². The van der Waals surface area contributed by atoms with E-state index in [-0.39, 0.29) is 12.2 Å². The molecule has 0 saturated heterocycles. The van der Waals surface area contributed by atoms with E-state index in [0.29, 0.717) is 0 Å². The number of alkyl halides is 3. The number of hydrogen-bond donors (Lipinski definition) is 1. The highest BCUT2D eigenvalue weighted by Gasteiger charge is 2.35. The van der Waals surface area contributed by atoms with Crippen molar-refractivity contribution in [1.82, 2.24) is 4.72 Å². The van der Waals surface area contributed by atoms with Crippen LogP contribution in [-0.4, -0.2) is 29.0 Å². The lowest BCUT2D eigenvalue weighted by Gasteiger charge is -2.28. The van der Waals surface area contributed by atoms with Gasteiger partial charge in [-0.2, -0.15) is 13.2 Å². The molecular weight excluding hydrogens is 267 g/mol. The molecule has 106 valence electrons. The van der Waals surface area contributed by atoms with E-state index >= 15 is 0 Å². The second-order valence-electron chi connectivity index (χ2n) is 4.36. The minimum Gasteiger partial charge on any atom is -0.460 e. The predicted molar refractivity (Wildman–Crippen MR) is 68.4 cm³/mol. The molecule has 0 heterocycles. The van der Waals surface area contributed by atoms with Crippen molar-refractivity contribution >= 4 is 22.0 Å². The zero-order valence-corrected chi connectivity index (χ0v) is 11.7. The fourth-order valence-corrected chi connectivity index (χ4v) is 2.10. The quantitative estimate of drug-likeness (QED) is 0.479. The molecule has 0 aliphatic heterocycles. The fraction of sp³-hybridized carbons (Fsp3) is 0.636. The summed E-state index contributed by atoms with van der Waals surface area (Å²) >= 11 is 0. The van der Waals surface area contributed by atoms with Crippen LogP contribution in [0.1, 0.15) is 27.7 Å². The molecule has 0 bridgehead atoms. The van der Waals surface area contributed by atoms with Gasteiger partial charge in [0.1, 0.15) is 6.61 Å². The second-order valence-corrected chi connectivity index (χ2v) is 6.18. The average molecular weight is 285 g/mol. The molecule has 0 spiro atoms. The van der Waals surface area contributed by atoms with Crippen LogP contribution in [0.3, 0.4) is 0 Å². The first-order valence-corrected chi connectivity index (χ1v) is 6.48. The molecule has 1 N–H and O–H groups in total. The summed E-state index contributed by atoms with van der Waals surface area (Å²) in [5, 5.41) is 1.04. The molecule has 0 saturated carbocycles. The zero-order valence-electron chi connectivity index (χ0n) is 10.9. The number of nitrogens with one attached hydrogen (secondary N) is 1. The molecule has 0 radical (unpaired) electrons. The van der Waals surface area contributed by atoms with Crippen molar-refractivity contribution in [2.24, 2.45) is 0 Å². The lowest BCUT2D eigenvalue weighted by Crippen LogP contribution is -2.43. The maximum Gasteiger partial charge on any atom is 0.449 e. The van der Waals surface area contributed by atoms with Crippen molar-refractivity contribution in [3.05, 3.63) is 12.2 Å². The van der Waals surface area contributed by atoms with Crippen LogP contribution < -0.4 is 4.72 Å². The van der Waals surface area contributed by atoms with E-state index in [1.807, 2.05) is 0 Å². The Labute approximate surface area is 107 Å². The van der Waals surface area contributed by atoms with E-state index in [1.54, 1.807) is 0 Å². The Balaban J connectivity index is 4.57. The van der Waals surface area contributed by atoms with Gasteiger partial charge < -0.3 is 4.74 Å². The molecule has 0 aromatic carbocycles. The standard InChI is InChI=1S/C11H18F3NO2S/c1-6-18(11(12,13)14)15-10(4,5)7-17-9(16)8(2)3/h6,15H,2,7H2,1,3-5H3. The van der Waals surface area contributed by atoms with Crippen molar-refractivity contribution in [1.29, 1.82) is 0 Å². The van der Waals surface area contributed by atoms with Gasteiger partial charge in [-0.25, -0.2) is 4.79 Å². The van der Waals surface area contributed by atoms with Crippen molar-refractivity contribution in [3.63, 3.8) is 0 Å². The molecule has 0 aliphatic carbocycles. The van der Waals surface area contributed by atoms with E-state index in [9.17, 15) is 18.0 Å². The molecule has 3 nitrogen and oxygen atoms in total. The zero-order chi connectivity index (χ0) is 14.6. The molecule has 0 aliphatic rings. The molecule has 0 rings (SSSR count). The SMILES string of the molecule is C=C(C)C(=O)OCC(C)(C)N/S(=C\C)C(F)(F)F. The smallest absolute Gasteiger partial charge is 0.449 e. The van der Waals surface area contributed by atoms with Crippen LogP contribution in [0.15, 0.2) is 12.2 Å². The van der Waals surface area contributed by atoms with Crippen LogP contribution in [0, 0.1) is 0 Å². The van der Waals surface area contributed by atoms with Crippen LogP contribution in [-0.2, 0) is 9.53 Å². The number of ether oxygens (including phenoxy) is 1. The van der Waals surface area contributed by atoms with Gasteiger partial charge in [0.25, 0.3) is 0 Å². The van der Waals surface area contributed by atoms with E-state index in [2.05, 4.69) is 11.3 Å². The average Bonchev–Trinajstić information content (AvgIpc) is 2.21. The summed E-state index contributed by atoms with van der Waals surface area (Å²) in [7, 11) is -2.03. The molecular formula is C11H18F3NO2S. The molecule has 0 aromatic rings. The third-order valence-electron chi connectivity index (χ3n) is 1.78. The minimum absolute atomic E-state index is 0.161. The van der Waals surface area contributed by atoms with Gasteiger partial charge in [-0.1, -0.05) is 6.58 Å². The normalized spacial score (nSPS) is 14.4. The van der Waals surface area contributed by atoms with E-state index in [4.69, 9.17) is 4.74 Å². The highest BCUT2D eigenvalue weighted by Crippen LogP contribution is 2.35. The van der Waals surface area contributed by atoms with Crippen molar-refractivity contribution in [2.45, 2.75) is 38.7 Å². The fourth-order valence-electron chi connectivity index (χ4n) is 0.947. The van der Waals surface area contributed by atoms with E-state index < -0.39 is 27.7 Å². The van der Waals surface area contributed by atoms with Gasteiger partial charge in [-0.3, -0.25) is 4.72 Å². The Morgan fingerprint density at radius 3 is 2.28 bits per heavy atom. The molecule has 7 heteroatoms. The summed E-state index contributed by atoms with van der Waals surface area (Å²) in [5.41, 5.74) is -5.11. The first-order valence-electron chi connectivity index (χ1n) is 5.19. The molecule has 18 heavy (non-hydrogen) atoms. The molecule has 1 unspecified atom stereocenters. The molecule has 0 fully saturated rings. The van der Waals surface area contributed by atoms with Gasteiger partial charge in [0.15, 0.2) is 0 Å². The van der Waals surface area contributed by atoms with Crippen molar-refractivity contribution in [2.75, 3.05) is 6.61 Å². The third-order valence-corrected chi connectivity index (χ3v) is 3.53. The number of halogens is 3. The van der Waals surface area contributed by atoms with Crippen LogP contribution in [0.25, 0.3) is 0 Å². The molecule has 1 atom stereocenters. The maximum absolute atomic E-state index is 12.6. The Hall–Kier alpha value is -0.820. The number of hydrogen-bond acceptors (Lipinski definition) is 3. The maximum atomic E-state index is 12.6. The summed E-state index contributed by atoms with van der Waals surface area (Å²) in [6, 6.07) is 0. The molecule has 0 amide bonds. The predicted octanol–water partition coefficient (Wildman–Crippen LogP) is 3.00. The van der Waals surface area contributed by atoms with E-state index in [1.165, 1.54) is 27.7 Å². The Bertz CT molecular complexity index is 362. The number of rotatable bonds is 5. The summed E-state index contributed by atoms with van der Waals surface area (Å²) in [6.45, 7) is 9.11. The molecule has 0 aromatic heterocycles. The number of esters is 1. The summed E-state index contributed by atoms with van der Waals surface area (Å²) in [6.07, 6.45) is 0. The lowest BCUT2D eigenvalue weighted by atomic mass is 10.1. The summed E-state index contributed by atoms with van der Waals surface area (Å²) < 4.78 is 45.0. The van der Waals surface area contributed by atoms with Gasteiger partial charge in [0.05, 0.1) is 5.54 Å². The Kier molecular flexibility index (Phi) is 6.09. The van der Waals surface area contributed by atoms with Crippen LogP contribution in [0.5, 0.6) is 0 Å². The van der Waals surface area contributed by atoms with Gasteiger partial charge in [0.2, 0.25) is 0 Å². The summed E-state index contributed by atoms with van der Waals surface area (Å²) in [4.78, 5) is 11.2. The van der Waals surface area contributed by atoms with Crippen molar-refractivity contribution < 1.29 is 22.7 Å². The van der Waals surface area contributed by atoms with Gasteiger partial charge in [-0.15, -0.1) is 0 Å². The highest BCUT2D eigenvalue weighted by atomic mass is 32.2. The Morgan fingerprint density at radius 2 is 1.94 bits per heavy atom. The van der Waals surface area contributed by atoms with Crippen LogP contribution in [0.2, 0.25) is 0 Å². The monoisotopic (exact) mass is 285 g/mol. The van der Waals surface area contributed by atoms with Gasteiger partial charge in [0, 0.05) is 5.57 Å². The number of carbonyl (C=O) groups is 1. The lowest BCUT2D eigenvalue weighted by molar-refractivity contribution is -0.140. The summed E-state index contributed by atoms with van der Waals surface area (Å²) in [5.74, 6) is -0.614. The Morgan fingerprint density at radius 1 is 1.44 bits per heavy atom. The van der Waals surface area contributed by atoms with Crippen molar-refractivity contribution in [3.8, 4) is 0 Å². The topological polar surface area (TPSA) is 38.3 Å². The minimum atomic E-state index is -4.34. The van der Waals surface area contributed by atoms with Gasteiger partial charge >= 0.3 is 11.5 Å². The first kappa shape index (κ1) is 17.2. The highest BCUT2D eigenvalue weighted by molar-refractivity contribution is 8.14.